The highest BCUT2D eigenvalue weighted by Crippen LogP contribution is 2.22. The molecule has 0 radical (unpaired) electrons. The lowest BCUT2D eigenvalue weighted by atomic mass is 10.0. The molecule has 0 aromatic heterocycles. The highest BCUT2D eigenvalue weighted by molar-refractivity contribution is 5.91. The molecule has 2 rings (SSSR count). The number of piperidine rings is 1. The minimum Gasteiger partial charge on any atom is -0.343 e. The van der Waals surface area contributed by atoms with Crippen molar-refractivity contribution in [3.8, 4) is 0 Å². The van der Waals surface area contributed by atoms with Crippen LogP contribution in [0.5, 0.6) is 0 Å². The molecule has 9 heteroatoms. The molecule has 162 valence electrons. The molecule has 2 heterocycles. The normalized spacial score (nSPS) is 24.8. The van der Waals surface area contributed by atoms with E-state index in [4.69, 9.17) is 4.84 Å². The maximum atomic E-state index is 12.4. The van der Waals surface area contributed by atoms with Crippen LogP contribution in [-0.4, -0.2) is 64.4 Å². The number of carbonyl (C=O) groups excluding carboxylic acids is 4. The molecule has 2 saturated heterocycles. The predicted octanol–water partition coefficient (Wildman–Crippen LogP) is 0.853. The van der Waals surface area contributed by atoms with E-state index < -0.39 is 24.0 Å². The van der Waals surface area contributed by atoms with E-state index in [9.17, 15) is 19.2 Å². The van der Waals surface area contributed by atoms with Gasteiger partial charge in [0, 0.05) is 18.5 Å². The molecule has 2 fully saturated rings. The quantitative estimate of drug-likeness (QED) is 0.602. The van der Waals surface area contributed by atoms with E-state index in [1.54, 1.807) is 6.92 Å². The second-order valence-electron chi connectivity index (χ2n) is 7.99. The Labute approximate surface area is 171 Å². The largest absolute Gasteiger partial charge is 0.354 e. The smallest absolute Gasteiger partial charge is 0.343 e. The van der Waals surface area contributed by atoms with E-state index >= 15 is 0 Å². The fourth-order valence-corrected chi connectivity index (χ4v) is 3.62. The summed E-state index contributed by atoms with van der Waals surface area (Å²) in [6, 6.07) is -1.14. The van der Waals surface area contributed by atoms with Crippen molar-refractivity contribution in [2.24, 2.45) is 0 Å². The van der Waals surface area contributed by atoms with Crippen LogP contribution in [-0.2, 0) is 24.0 Å². The summed E-state index contributed by atoms with van der Waals surface area (Å²) < 4.78 is 0. The number of hydrogen-bond donors (Lipinski definition) is 2. The lowest BCUT2D eigenvalue weighted by Gasteiger charge is -2.38. The average Bonchev–Trinajstić information content (AvgIpc) is 2.96. The van der Waals surface area contributed by atoms with Crippen molar-refractivity contribution in [2.45, 2.75) is 84.0 Å². The SMILES string of the molecule is C=C1CCC(=O)N1OC(=O)C(C)[15NH]C(=O)C(C)[15NH]C(=O)C[15N]1C(C)CCCC1C. The van der Waals surface area contributed by atoms with Gasteiger partial charge in [-0.15, -0.1) is 5.06 Å². The molecule has 4 atom stereocenters. The molecule has 3 amide bonds. The van der Waals surface area contributed by atoms with Gasteiger partial charge < -0.3 is 15.5 Å². The van der Waals surface area contributed by atoms with E-state index in [2.05, 4.69) is 36.0 Å². The molecule has 9 nitrogen and oxygen atoms in total. The summed E-state index contributed by atoms with van der Waals surface area (Å²) in [5.41, 5.74) is 0.406. The molecule has 0 aromatic rings. The van der Waals surface area contributed by atoms with Gasteiger partial charge in [0.2, 0.25) is 11.8 Å². The van der Waals surface area contributed by atoms with Gasteiger partial charge in [0.1, 0.15) is 12.1 Å². The van der Waals surface area contributed by atoms with Gasteiger partial charge in [-0.3, -0.25) is 19.3 Å². The van der Waals surface area contributed by atoms with E-state index in [-0.39, 0.29) is 24.8 Å². The van der Waals surface area contributed by atoms with Crippen molar-refractivity contribution in [3.05, 3.63) is 12.3 Å². The minimum atomic E-state index is -0.981. The predicted molar refractivity (Wildman–Crippen MR) is 106 cm³/mol. The molecule has 0 bridgehead atoms. The number of rotatable bonds is 7. The number of nitrogens with zero attached hydrogens (tertiary/aromatic N) is 2. The first-order valence-electron chi connectivity index (χ1n) is 10.2. The van der Waals surface area contributed by atoms with Crippen molar-refractivity contribution >= 4 is 23.7 Å². The average molecular weight is 411 g/mol. The molecule has 0 saturated carbocycles. The van der Waals surface area contributed by atoms with E-state index in [0.29, 0.717) is 24.2 Å². The van der Waals surface area contributed by atoms with Crippen molar-refractivity contribution in [2.75, 3.05) is 6.54 Å². The highest BCUT2D eigenvalue weighted by Gasteiger charge is 2.31. The summed E-state index contributed by atoms with van der Waals surface area (Å²) >= 11 is 0. The molecule has 2 aliphatic rings. The van der Waals surface area contributed by atoms with Crippen LogP contribution in [0.15, 0.2) is 12.3 Å². The molecule has 2 N–H and O–H groups in total. The maximum Gasteiger partial charge on any atom is 0.354 e. The Kier molecular flexibility index (Phi) is 7.78. The van der Waals surface area contributed by atoms with Crippen molar-refractivity contribution in [1.29, 1.82) is 0 Å². The number of allylic oxidation sites excluding steroid dienone is 1. The Hall–Kier alpha value is -2.42. The molecular formula is C20H32N4O5. The first-order chi connectivity index (χ1) is 13.6. The number of likely N-dealkylation sites (tertiary alicyclic amines) is 1. The first kappa shape index (κ1) is 22.9. The Morgan fingerprint density at radius 2 is 1.72 bits per heavy atom. The molecule has 0 aliphatic carbocycles. The Morgan fingerprint density at radius 3 is 2.28 bits per heavy atom. The lowest BCUT2D eigenvalue weighted by Crippen LogP contribution is -2.54. The summed E-state index contributed by atoms with van der Waals surface area (Å²) in [5.74, 6) is -1.86. The van der Waals surface area contributed by atoms with Crippen molar-refractivity contribution in [1.82, 2.24) is 20.6 Å². The second-order valence-corrected chi connectivity index (χ2v) is 7.99. The molecule has 0 aromatic carbocycles. The number of hydroxylamine groups is 2. The number of carbonyl (C=O) groups is 4. The third-order valence-corrected chi connectivity index (χ3v) is 5.51. The van der Waals surface area contributed by atoms with Gasteiger partial charge in [-0.05, 0) is 47.0 Å². The van der Waals surface area contributed by atoms with Gasteiger partial charge in [0.25, 0.3) is 5.91 Å². The second kappa shape index (κ2) is 9.87. The van der Waals surface area contributed by atoms with Crippen LogP contribution < -0.4 is 10.6 Å². The van der Waals surface area contributed by atoms with Crippen LogP contribution in [0, 0.1) is 0 Å². The van der Waals surface area contributed by atoms with E-state index in [1.807, 2.05) is 0 Å². The van der Waals surface area contributed by atoms with Gasteiger partial charge in [-0.25, -0.2) is 4.79 Å². The van der Waals surface area contributed by atoms with Crippen LogP contribution in [0.1, 0.15) is 59.8 Å². The summed E-state index contributed by atoms with van der Waals surface area (Å²) in [6.45, 7) is 11.1. The van der Waals surface area contributed by atoms with Crippen LogP contribution >= 0.6 is 0 Å². The van der Waals surface area contributed by atoms with Gasteiger partial charge in [-0.2, -0.15) is 0 Å². The van der Waals surface area contributed by atoms with Gasteiger partial charge in [-0.1, -0.05) is 13.0 Å². The Balaban J connectivity index is 1.80. The Morgan fingerprint density at radius 1 is 1.10 bits per heavy atom. The van der Waals surface area contributed by atoms with Crippen molar-refractivity contribution in [3.63, 3.8) is 0 Å². The van der Waals surface area contributed by atoms with E-state index in [1.165, 1.54) is 6.92 Å². The standard InChI is InChI=1S/C20H32N4O5/c1-12-7-6-8-13(2)23(12)11-17(25)21-15(4)19(27)22-16(5)20(28)29-24-14(3)9-10-18(24)26/h12-13,15-16H,3,6-11H2,1-2,4-5H3,(H,21,25)(H,22,27)/i21+1,22+1,23+1. The molecule has 0 spiro atoms. The maximum absolute atomic E-state index is 12.4. The topological polar surface area (TPSA) is 108 Å². The van der Waals surface area contributed by atoms with Gasteiger partial charge in [0.05, 0.1) is 12.2 Å². The molecule has 29 heavy (non-hydrogen) atoms. The summed E-state index contributed by atoms with van der Waals surface area (Å²) in [4.78, 5) is 55.7. The van der Waals surface area contributed by atoms with Crippen LogP contribution in [0.3, 0.4) is 0 Å². The molecule has 2 aliphatic heterocycles. The number of nitrogens with one attached hydrogen (secondary N) is 2. The number of amides is 3. The number of hydrogen-bond acceptors (Lipinski definition) is 6. The zero-order valence-corrected chi connectivity index (χ0v) is 17.7. The fraction of sp³-hybridized carbons (Fsp3) is 0.700. The van der Waals surface area contributed by atoms with Gasteiger partial charge >= 0.3 is 5.97 Å². The van der Waals surface area contributed by atoms with Crippen LogP contribution in [0.25, 0.3) is 0 Å². The minimum absolute atomic E-state index is 0.233. The first-order valence-corrected chi connectivity index (χ1v) is 10.2. The molecule has 4 unspecified atom stereocenters. The summed E-state index contributed by atoms with van der Waals surface area (Å²) in [5, 5.41) is 6.05. The third kappa shape index (κ3) is 6.03. The summed E-state index contributed by atoms with van der Waals surface area (Å²) in [7, 11) is 0. The lowest BCUT2D eigenvalue weighted by molar-refractivity contribution is -0.188. The zero-order chi connectivity index (χ0) is 21.7. The zero-order valence-electron chi connectivity index (χ0n) is 17.7. The molecular weight excluding hydrogens is 379 g/mol. The third-order valence-electron chi connectivity index (χ3n) is 5.51. The van der Waals surface area contributed by atoms with Gasteiger partial charge in [0.15, 0.2) is 0 Å². The summed E-state index contributed by atoms with van der Waals surface area (Å²) in [6.07, 6.45) is 3.94. The van der Waals surface area contributed by atoms with Crippen molar-refractivity contribution < 1.29 is 24.0 Å². The van der Waals surface area contributed by atoms with Crippen LogP contribution in [0.4, 0.5) is 0 Å². The van der Waals surface area contributed by atoms with Crippen LogP contribution in [0.2, 0.25) is 0 Å². The monoisotopic (exact) mass is 411 g/mol. The Bertz CT molecular complexity index is 654. The highest BCUT2D eigenvalue weighted by atomic mass is 16.7. The van der Waals surface area contributed by atoms with E-state index in [0.717, 1.165) is 24.3 Å². The fourth-order valence-electron chi connectivity index (χ4n) is 3.62.